The van der Waals surface area contributed by atoms with Gasteiger partial charge >= 0.3 is 0 Å². The van der Waals surface area contributed by atoms with E-state index >= 15 is 0 Å². The average Bonchev–Trinajstić information content (AvgIpc) is 3.11. The SMILES string of the molecule is O=C(CCN1CCC(C2CCCN2)CC1)Nc1c(Cl)cccc1Cl. The number of hydrogen-bond donors (Lipinski definition) is 2. The quantitative estimate of drug-likeness (QED) is 0.829. The van der Waals surface area contributed by atoms with E-state index in [2.05, 4.69) is 15.5 Å². The van der Waals surface area contributed by atoms with E-state index in [4.69, 9.17) is 23.2 Å². The Morgan fingerprint density at radius 3 is 2.54 bits per heavy atom. The number of para-hydroxylation sites is 1. The van der Waals surface area contributed by atoms with Crippen LogP contribution < -0.4 is 10.6 Å². The van der Waals surface area contributed by atoms with E-state index in [1.165, 1.54) is 32.2 Å². The van der Waals surface area contributed by atoms with E-state index in [1.807, 2.05) is 0 Å². The van der Waals surface area contributed by atoms with Crippen LogP contribution in [0.1, 0.15) is 32.1 Å². The van der Waals surface area contributed by atoms with Gasteiger partial charge in [0.1, 0.15) is 0 Å². The van der Waals surface area contributed by atoms with E-state index < -0.39 is 0 Å². The van der Waals surface area contributed by atoms with Crippen molar-refractivity contribution in [1.82, 2.24) is 10.2 Å². The maximum absolute atomic E-state index is 12.2. The highest BCUT2D eigenvalue weighted by Gasteiger charge is 2.28. The molecule has 1 unspecified atom stereocenters. The van der Waals surface area contributed by atoms with E-state index in [9.17, 15) is 4.79 Å². The fraction of sp³-hybridized carbons (Fsp3) is 0.611. The number of carbonyl (C=O) groups excluding carboxylic acids is 1. The zero-order chi connectivity index (χ0) is 16.9. The van der Waals surface area contributed by atoms with E-state index in [-0.39, 0.29) is 5.91 Å². The molecule has 1 aromatic rings. The molecule has 0 saturated carbocycles. The summed E-state index contributed by atoms with van der Waals surface area (Å²) in [5.74, 6) is 0.768. The van der Waals surface area contributed by atoms with Gasteiger partial charge in [0, 0.05) is 19.0 Å². The van der Waals surface area contributed by atoms with Crippen molar-refractivity contribution in [2.75, 3.05) is 31.5 Å². The van der Waals surface area contributed by atoms with E-state index in [0.29, 0.717) is 22.2 Å². The molecule has 2 saturated heterocycles. The maximum atomic E-state index is 12.2. The fourth-order valence-corrected chi connectivity index (χ4v) is 4.26. The van der Waals surface area contributed by atoms with Gasteiger partial charge < -0.3 is 15.5 Å². The largest absolute Gasteiger partial charge is 0.324 e. The van der Waals surface area contributed by atoms with Gasteiger partial charge in [0.15, 0.2) is 0 Å². The zero-order valence-electron chi connectivity index (χ0n) is 13.9. The van der Waals surface area contributed by atoms with Crippen molar-refractivity contribution in [3.8, 4) is 0 Å². The number of nitrogens with zero attached hydrogens (tertiary/aromatic N) is 1. The lowest BCUT2D eigenvalue weighted by atomic mass is 9.88. The number of halogens is 2. The van der Waals surface area contributed by atoms with Crippen LogP contribution in [0, 0.1) is 5.92 Å². The molecule has 2 aliphatic rings. The topological polar surface area (TPSA) is 44.4 Å². The molecule has 1 atom stereocenters. The number of hydrogen-bond acceptors (Lipinski definition) is 3. The minimum Gasteiger partial charge on any atom is -0.324 e. The number of likely N-dealkylation sites (tertiary alicyclic amines) is 1. The number of nitrogens with one attached hydrogen (secondary N) is 2. The third kappa shape index (κ3) is 4.63. The first-order valence-electron chi connectivity index (χ1n) is 8.83. The average molecular weight is 370 g/mol. The molecule has 0 aliphatic carbocycles. The molecular weight excluding hydrogens is 345 g/mol. The Kier molecular flexibility index (Phi) is 6.39. The summed E-state index contributed by atoms with van der Waals surface area (Å²) in [4.78, 5) is 14.6. The second-order valence-corrected chi connectivity index (χ2v) is 7.59. The highest BCUT2D eigenvalue weighted by atomic mass is 35.5. The smallest absolute Gasteiger partial charge is 0.225 e. The summed E-state index contributed by atoms with van der Waals surface area (Å²) in [6.45, 7) is 4.14. The molecule has 1 aromatic carbocycles. The molecule has 0 spiro atoms. The van der Waals surface area contributed by atoms with Gasteiger partial charge in [-0.3, -0.25) is 4.79 Å². The van der Waals surface area contributed by atoms with Crippen molar-refractivity contribution < 1.29 is 4.79 Å². The summed E-state index contributed by atoms with van der Waals surface area (Å²) >= 11 is 12.2. The van der Waals surface area contributed by atoms with Gasteiger partial charge in [-0.1, -0.05) is 29.3 Å². The van der Waals surface area contributed by atoms with Crippen molar-refractivity contribution >= 4 is 34.8 Å². The Morgan fingerprint density at radius 1 is 1.21 bits per heavy atom. The molecule has 1 amide bonds. The standard InChI is InChI=1S/C18H25Cl2N3O/c19-14-3-1-4-15(20)18(14)22-17(24)8-12-23-10-6-13(7-11-23)16-5-2-9-21-16/h1,3-4,13,16,21H,2,5-12H2,(H,22,24). The molecule has 3 rings (SSSR count). The number of benzene rings is 1. The number of anilines is 1. The van der Waals surface area contributed by atoms with Gasteiger partial charge in [0.05, 0.1) is 15.7 Å². The molecule has 2 heterocycles. The summed E-state index contributed by atoms with van der Waals surface area (Å²) in [6, 6.07) is 5.94. The zero-order valence-corrected chi connectivity index (χ0v) is 15.4. The third-order valence-corrected chi connectivity index (χ3v) is 5.81. The molecule has 0 bridgehead atoms. The number of piperidine rings is 1. The van der Waals surface area contributed by atoms with Crippen LogP contribution in [0.5, 0.6) is 0 Å². The van der Waals surface area contributed by atoms with E-state index in [0.717, 1.165) is 31.6 Å². The first-order chi connectivity index (χ1) is 11.6. The summed E-state index contributed by atoms with van der Waals surface area (Å²) in [5, 5.41) is 7.40. The van der Waals surface area contributed by atoms with Gasteiger partial charge in [-0.2, -0.15) is 0 Å². The first-order valence-corrected chi connectivity index (χ1v) is 9.58. The second-order valence-electron chi connectivity index (χ2n) is 6.78. The van der Waals surface area contributed by atoms with Crippen LogP contribution in [-0.4, -0.2) is 43.0 Å². The molecule has 24 heavy (non-hydrogen) atoms. The van der Waals surface area contributed by atoms with Crippen molar-refractivity contribution in [2.45, 2.75) is 38.1 Å². The maximum Gasteiger partial charge on any atom is 0.225 e. The molecule has 2 N–H and O–H groups in total. The molecule has 2 aliphatic heterocycles. The monoisotopic (exact) mass is 369 g/mol. The van der Waals surface area contributed by atoms with Gasteiger partial charge in [0.2, 0.25) is 5.91 Å². The third-order valence-electron chi connectivity index (χ3n) is 5.18. The predicted octanol–water partition coefficient (Wildman–Crippen LogP) is 3.79. The van der Waals surface area contributed by atoms with Gasteiger partial charge in [0.25, 0.3) is 0 Å². The lowest BCUT2D eigenvalue weighted by Crippen LogP contribution is -2.41. The number of carbonyl (C=O) groups is 1. The van der Waals surface area contributed by atoms with Crippen molar-refractivity contribution in [2.24, 2.45) is 5.92 Å². The summed E-state index contributed by atoms with van der Waals surface area (Å²) in [6.07, 6.45) is 5.57. The van der Waals surface area contributed by atoms with E-state index in [1.54, 1.807) is 18.2 Å². The minimum atomic E-state index is -0.0374. The molecule has 0 radical (unpaired) electrons. The molecule has 2 fully saturated rings. The fourth-order valence-electron chi connectivity index (χ4n) is 3.77. The first kappa shape index (κ1) is 18.0. The Bertz CT molecular complexity index is 547. The number of rotatable bonds is 5. The highest BCUT2D eigenvalue weighted by molar-refractivity contribution is 6.39. The summed E-state index contributed by atoms with van der Waals surface area (Å²) in [5.41, 5.74) is 0.511. The van der Waals surface area contributed by atoms with Crippen LogP contribution in [0.4, 0.5) is 5.69 Å². The van der Waals surface area contributed by atoms with Crippen LogP contribution in [0.25, 0.3) is 0 Å². The lowest BCUT2D eigenvalue weighted by molar-refractivity contribution is -0.116. The highest BCUT2D eigenvalue weighted by Crippen LogP contribution is 2.30. The molecule has 132 valence electrons. The number of amides is 1. The summed E-state index contributed by atoms with van der Waals surface area (Å²) < 4.78 is 0. The lowest BCUT2D eigenvalue weighted by Gasteiger charge is -2.34. The van der Waals surface area contributed by atoms with Gasteiger partial charge in [-0.15, -0.1) is 0 Å². The van der Waals surface area contributed by atoms with Crippen LogP contribution in [0.15, 0.2) is 18.2 Å². The molecule has 6 heteroatoms. The van der Waals surface area contributed by atoms with Crippen molar-refractivity contribution in [1.29, 1.82) is 0 Å². The Morgan fingerprint density at radius 2 is 1.92 bits per heavy atom. The van der Waals surface area contributed by atoms with Crippen molar-refractivity contribution in [3.05, 3.63) is 28.2 Å². The Labute approximate surface area is 153 Å². The Balaban J connectivity index is 1.41. The van der Waals surface area contributed by atoms with Crippen LogP contribution in [-0.2, 0) is 4.79 Å². The summed E-state index contributed by atoms with van der Waals surface area (Å²) in [7, 11) is 0. The van der Waals surface area contributed by atoms with Crippen LogP contribution in [0.2, 0.25) is 10.0 Å². The Hall–Kier alpha value is -0.810. The van der Waals surface area contributed by atoms with Crippen molar-refractivity contribution in [3.63, 3.8) is 0 Å². The minimum absolute atomic E-state index is 0.0374. The van der Waals surface area contributed by atoms with Crippen LogP contribution in [0.3, 0.4) is 0 Å². The molecule has 4 nitrogen and oxygen atoms in total. The van der Waals surface area contributed by atoms with Gasteiger partial charge in [-0.05, 0) is 63.4 Å². The second kappa shape index (κ2) is 8.52. The van der Waals surface area contributed by atoms with Gasteiger partial charge in [-0.25, -0.2) is 0 Å². The molecular formula is C18H25Cl2N3O. The predicted molar refractivity (Wildman–Crippen MR) is 99.9 cm³/mol. The van der Waals surface area contributed by atoms with Crippen LogP contribution >= 0.6 is 23.2 Å². The normalized spacial score (nSPS) is 22.7. The molecule has 0 aromatic heterocycles.